The van der Waals surface area contributed by atoms with Gasteiger partial charge in [-0.3, -0.25) is 9.78 Å². The lowest BCUT2D eigenvalue weighted by atomic mass is 10.1. The van der Waals surface area contributed by atoms with Gasteiger partial charge in [-0.2, -0.15) is 0 Å². The van der Waals surface area contributed by atoms with Gasteiger partial charge in [-0.15, -0.1) is 0 Å². The molecule has 126 valence electrons. The van der Waals surface area contributed by atoms with Crippen LogP contribution in [0.15, 0.2) is 42.6 Å². The summed E-state index contributed by atoms with van der Waals surface area (Å²) in [7, 11) is -3.04. The fourth-order valence-corrected chi connectivity index (χ4v) is 4.42. The van der Waals surface area contributed by atoms with Crippen LogP contribution in [0.5, 0.6) is 0 Å². The van der Waals surface area contributed by atoms with Gasteiger partial charge in [0.1, 0.15) is 5.82 Å². The van der Waals surface area contributed by atoms with Crippen molar-refractivity contribution >= 4 is 15.7 Å². The van der Waals surface area contributed by atoms with Gasteiger partial charge in [0.2, 0.25) is 0 Å². The maximum absolute atomic E-state index is 13.2. The van der Waals surface area contributed by atoms with Gasteiger partial charge in [0.15, 0.2) is 9.84 Å². The largest absolute Gasteiger partial charge is 0.348 e. The number of benzene rings is 1. The predicted octanol–water partition coefficient (Wildman–Crippen LogP) is 1.73. The smallest absolute Gasteiger partial charge is 0.251 e. The van der Waals surface area contributed by atoms with Gasteiger partial charge in [0.25, 0.3) is 5.91 Å². The molecule has 1 aliphatic heterocycles. The highest BCUT2D eigenvalue weighted by molar-refractivity contribution is 7.91. The Morgan fingerprint density at radius 2 is 2.12 bits per heavy atom. The first kappa shape index (κ1) is 16.6. The normalized spacial score (nSPS) is 19.1. The summed E-state index contributed by atoms with van der Waals surface area (Å²) in [5.41, 5.74) is 1.83. The Kier molecular flexibility index (Phi) is 4.62. The topological polar surface area (TPSA) is 76.1 Å². The molecule has 1 saturated heterocycles. The fourth-order valence-electron chi connectivity index (χ4n) is 2.75. The van der Waals surface area contributed by atoms with Gasteiger partial charge < -0.3 is 5.32 Å². The zero-order chi connectivity index (χ0) is 17.2. The molecular formula is C17H17FN2O3S. The molecule has 1 aliphatic rings. The summed E-state index contributed by atoms with van der Waals surface area (Å²) < 4.78 is 36.1. The molecule has 1 amide bonds. The molecule has 5 nitrogen and oxygen atoms in total. The second kappa shape index (κ2) is 6.68. The lowest BCUT2D eigenvalue weighted by Crippen LogP contribution is -2.35. The molecule has 24 heavy (non-hydrogen) atoms. The van der Waals surface area contributed by atoms with E-state index in [9.17, 15) is 17.6 Å². The van der Waals surface area contributed by atoms with E-state index >= 15 is 0 Å². The van der Waals surface area contributed by atoms with E-state index in [-0.39, 0.29) is 29.3 Å². The van der Waals surface area contributed by atoms with Crippen molar-refractivity contribution in [1.29, 1.82) is 0 Å². The van der Waals surface area contributed by atoms with Crippen molar-refractivity contribution in [1.82, 2.24) is 10.3 Å². The van der Waals surface area contributed by atoms with Crippen LogP contribution >= 0.6 is 0 Å². The molecule has 1 atom stereocenters. The number of rotatable bonds is 4. The van der Waals surface area contributed by atoms with Crippen LogP contribution in [0, 0.1) is 5.82 Å². The summed E-state index contributed by atoms with van der Waals surface area (Å²) in [6, 6.07) is 9.09. The van der Waals surface area contributed by atoms with E-state index in [0.717, 1.165) is 5.56 Å². The van der Waals surface area contributed by atoms with Gasteiger partial charge in [-0.25, -0.2) is 12.8 Å². The Bertz CT molecular complexity index is 868. The number of carbonyl (C=O) groups is 1. The van der Waals surface area contributed by atoms with Crippen molar-refractivity contribution in [2.45, 2.75) is 18.9 Å². The van der Waals surface area contributed by atoms with E-state index in [1.165, 1.54) is 18.3 Å². The third kappa shape index (κ3) is 4.17. The molecule has 1 aromatic carbocycles. The third-order valence-corrected chi connectivity index (χ3v) is 5.69. The summed E-state index contributed by atoms with van der Waals surface area (Å²) in [6.07, 6.45) is 2.38. The first-order valence-electron chi connectivity index (χ1n) is 7.62. The summed E-state index contributed by atoms with van der Waals surface area (Å²) in [5, 5.41) is 2.75. The number of pyridine rings is 1. The lowest BCUT2D eigenvalue weighted by Gasteiger charge is -2.11. The molecule has 1 aromatic heterocycles. The van der Waals surface area contributed by atoms with E-state index in [1.807, 2.05) is 0 Å². The Balaban J connectivity index is 1.69. The minimum atomic E-state index is -3.04. The van der Waals surface area contributed by atoms with Crippen molar-refractivity contribution < 1.29 is 17.6 Å². The molecule has 2 aromatic rings. The van der Waals surface area contributed by atoms with Crippen molar-refractivity contribution in [3.63, 3.8) is 0 Å². The molecule has 0 bridgehead atoms. The molecule has 0 aliphatic carbocycles. The maximum Gasteiger partial charge on any atom is 0.251 e. The number of hydrogen-bond acceptors (Lipinski definition) is 4. The standard InChI is InChI=1S/C17H17FN2O3S/c18-14-3-1-2-12(8-14)9-16-10-13(4-6-19-16)17(21)20-15-5-7-24(22,23)11-15/h1-4,6,8,10,15H,5,7,9,11H2,(H,20,21)/t15-/m0/s1. The van der Waals surface area contributed by atoms with Crippen LogP contribution in [0.25, 0.3) is 0 Å². The van der Waals surface area contributed by atoms with Gasteiger partial charge in [0, 0.05) is 29.9 Å². The van der Waals surface area contributed by atoms with Gasteiger partial charge >= 0.3 is 0 Å². The van der Waals surface area contributed by atoms with Crippen LogP contribution in [0.3, 0.4) is 0 Å². The second-order valence-electron chi connectivity index (χ2n) is 5.92. The summed E-state index contributed by atoms with van der Waals surface area (Å²) in [4.78, 5) is 16.5. The quantitative estimate of drug-likeness (QED) is 0.913. The van der Waals surface area contributed by atoms with Crippen LogP contribution in [-0.4, -0.2) is 36.9 Å². The Morgan fingerprint density at radius 1 is 1.29 bits per heavy atom. The Labute approximate surface area is 139 Å². The first-order chi connectivity index (χ1) is 11.4. The highest BCUT2D eigenvalue weighted by atomic mass is 32.2. The number of nitrogens with one attached hydrogen (secondary N) is 1. The number of aromatic nitrogens is 1. The number of carbonyl (C=O) groups excluding carboxylic acids is 1. The van der Waals surface area contributed by atoms with E-state index in [4.69, 9.17) is 0 Å². The molecule has 0 unspecified atom stereocenters. The highest BCUT2D eigenvalue weighted by Gasteiger charge is 2.29. The zero-order valence-electron chi connectivity index (χ0n) is 12.9. The van der Waals surface area contributed by atoms with E-state index in [0.29, 0.717) is 24.1 Å². The minimum Gasteiger partial charge on any atom is -0.348 e. The number of hydrogen-bond donors (Lipinski definition) is 1. The molecule has 1 fully saturated rings. The predicted molar refractivity (Wildman–Crippen MR) is 88.0 cm³/mol. The van der Waals surface area contributed by atoms with Crippen LogP contribution in [-0.2, 0) is 16.3 Å². The van der Waals surface area contributed by atoms with Gasteiger partial charge in [-0.05, 0) is 36.2 Å². The molecule has 3 rings (SSSR count). The summed E-state index contributed by atoms with van der Waals surface area (Å²) in [5.74, 6) is -0.539. The molecule has 0 saturated carbocycles. The van der Waals surface area contributed by atoms with Crippen LogP contribution in [0.1, 0.15) is 28.0 Å². The monoisotopic (exact) mass is 348 g/mol. The molecule has 1 N–H and O–H groups in total. The fraction of sp³-hybridized carbons (Fsp3) is 0.294. The molecule has 0 spiro atoms. The highest BCUT2D eigenvalue weighted by Crippen LogP contribution is 2.14. The molecule has 7 heteroatoms. The maximum atomic E-state index is 13.2. The SMILES string of the molecule is O=C(N[C@H]1CCS(=O)(=O)C1)c1ccnc(Cc2cccc(F)c2)c1. The number of halogens is 1. The van der Waals surface area contributed by atoms with Gasteiger partial charge in [-0.1, -0.05) is 12.1 Å². The number of nitrogens with zero attached hydrogens (tertiary/aromatic N) is 1. The van der Waals surface area contributed by atoms with Crippen molar-refractivity contribution in [3.05, 3.63) is 65.2 Å². The third-order valence-electron chi connectivity index (χ3n) is 3.92. The molecular weight excluding hydrogens is 331 g/mol. The molecule has 2 heterocycles. The average Bonchev–Trinajstić information content (AvgIpc) is 2.86. The zero-order valence-corrected chi connectivity index (χ0v) is 13.7. The van der Waals surface area contributed by atoms with Crippen LogP contribution < -0.4 is 5.32 Å². The number of amides is 1. The first-order valence-corrected chi connectivity index (χ1v) is 9.44. The van der Waals surface area contributed by atoms with Gasteiger partial charge in [0.05, 0.1) is 11.5 Å². The molecule has 0 radical (unpaired) electrons. The Hall–Kier alpha value is -2.28. The second-order valence-corrected chi connectivity index (χ2v) is 8.14. The summed E-state index contributed by atoms with van der Waals surface area (Å²) in [6.45, 7) is 0. The lowest BCUT2D eigenvalue weighted by molar-refractivity contribution is 0.0941. The van der Waals surface area contributed by atoms with E-state index in [1.54, 1.807) is 24.3 Å². The van der Waals surface area contributed by atoms with E-state index in [2.05, 4.69) is 10.3 Å². The van der Waals surface area contributed by atoms with Crippen molar-refractivity contribution in [2.75, 3.05) is 11.5 Å². The van der Waals surface area contributed by atoms with Crippen molar-refractivity contribution in [3.8, 4) is 0 Å². The average molecular weight is 348 g/mol. The summed E-state index contributed by atoms with van der Waals surface area (Å²) >= 11 is 0. The Morgan fingerprint density at radius 3 is 2.83 bits per heavy atom. The number of sulfone groups is 1. The van der Waals surface area contributed by atoms with Crippen LogP contribution in [0.2, 0.25) is 0 Å². The van der Waals surface area contributed by atoms with Crippen LogP contribution in [0.4, 0.5) is 4.39 Å². The van der Waals surface area contributed by atoms with Crippen molar-refractivity contribution in [2.24, 2.45) is 0 Å². The minimum absolute atomic E-state index is 0.0139. The van der Waals surface area contributed by atoms with E-state index < -0.39 is 9.84 Å².